The Morgan fingerprint density at radius 3 is 2.35 bits per heavy atom. The molecule has 1 aromatic heterocycles. The topological polar surface area (TPSA) is 119 Å². The van der Waals surface area contributed by atoms with Crippen LogP contribution in [0.5, 0.6) is 0 Å². The van der Waals surface area contributed by atoms with Crippen LogP contribution in [0.3, 0.4) is 0 Å². The number of fused-ring (bicyclic) bond motifs is 1. The number of nitrogens with two attached hydrogens (primary N) is 1. The number of hydrogen-bond acceptors (Lipinski definition) is 4. The summed E-state index contributed by atoms with van der Waals surface area (Å²) in [6.07, 6.45) is 3.17. The Morgan fingerprint density at radius 2 is 1.59 bits per heavy atom. The standard InChI is InChI=1S/C25H20FN5O3/c26-20-10-4-1-8-18(20)24(33)29-21-11-5-2-9-19(21)25(34)30-28-13-16-14-31(15-23(27)32)22-12-6-3-7-17(16)22/h1-14H,15H2,(H2,27,32)(H,29,33)(H,30,34)/b28-13+. The lowest BCUT2D eigenvalue weighted by Crippen LogP contribution is -2.21. The Balaban J connectivity index is 1.52. The molecule has 0 aliphatic carbocycles. The first-order chi connectivity index (χ1) is 16.4. The molecule has 3 aromatic carbocycles. The Labute approximate surface area is 193 Å². The van der Waals surface area contributed by atoms with Gasteiger partial charge < -0.3 is 15.6 Å². The van der Waals surface area contributed by atoms with Gasteiger partial charge in [-0.3, -0.25) is 14.4 Å². The maximum Gasteiger partial charge on any atom is 0.273 e. The van der Waals surface area contributed by atoms with Crippen molar-refractivity contribution < 1.29 is 18.8 Å². The summed E-state index contributed by atoms with van der Waals surface area (Å²) in [4.78, 5) is 36.6. The van der Waals surface area contributed by atoms with Crippen LogP contribution >= 0.6 is 0 Å². The Morgan fingerprint density at radius 1 is 0.912 bits per heavy atom. The van der Waals surface area contributed by atoms with Crippen LogP contribution in [0.2, 0.25) is 0 Å². The van der Waals surface area contributed by atoms with Crippen molar-refractivity contribution in [2.75, 3.05) is 5.32 Å². The minimum Gasteiger partial charge on any atom is -0.368 e. The lowest BCUT2D eigenvalue weighted by Gasteiger charge is -2.10. The highest BCUT2D eigenvalue weighted by Crippen LogP contribution is 2.20. The van der Waals surface area contributed by atoms with Crippen LogP contribution in [-0.2, 0) is 11.3 Å². The molecule has 4 N–H and O–H groups in total. The van der Waals surface area contributed by atoms with Crippen molar-refractivity contribution in [3.8, 4) is 0 Å². The predicted molar refractivity (Wildman–Crippen MR) is 127 cm³/mol. The van der Waals surface area contributed by atoms with Gasteiger partial charge in [0.25, 0.3) is 11.8 Å². The van der Waals surface area contributed by atoms with Crippen molar-refractivity contribution >= 4 is 40.5 Å². The number of hydrogen-bond donors (Lipinski definition) is 3. The molecule has 0 saturated carbocycles. The van der Waals surface area contributed by atoms with Gasteiger partial charge >= 0.3 is 0 Å². The quantitative estimate of drug-likeness (QED) is 0.292. The van der Waals surface area contributed by atoms with Crippen LogP contribution in [0.25, 0.3) is 10.9 Å². The Bertz CT molecular complexity index is 1430. The monoisotopic (exact) mass is 457 g/mol. The van der Waals surface area contributed by atoms with E-state index in [0.29, 0.717) is 5.56 Å². The van der Waals surface area contributed by atoms with Gasteiger partial charge in [0, 0.05) is 22.7 Å². The first-order valence-corrected chi connectivity index (χ1v) is 10.3. The number of carbonyl (C=O) groups excluding carboxylic acids is 3. The number of primary amides is 1. The van der Waals surface area contributed by atoms with Crippen molar-refractivity contribution in [3.05, 3.63) is 102 Å². The second kappa shape index (κ2) is 9.78. The molecule has 0 spiro atoms. The summed E-state index contributed by atoms with van der Waals surface area (Å²) in [5.74, 6) is -2.39. The summed E-state index contributed by atoms with van der Waals surface area (Å²) in [5.41, 5.74) is 9.46. The average Bonchev–Trinajstić information content (AvgIpc) is 3.16. The third kappa shape index (κ3) is 4.83. The summed E-state index contributed by atoms with van der Waals surface area (Å²) in [5, 5.41) is 7.42. The minimum atomic E-state index is -0.677. The lowest BCUT2D eigenvalue weighted by molar-refractivity contribution is -0.118. The Hall–Kier alpha value is -4.79. The van der Waals surface area contributed by atoms with Crippen molar-refractivity contribution in [1.29, 1.82) is 0 Å². The van der Waals surface area contributed by atoms with Gasteiger partial charge in [0.1, 0.15) is 12.4 Å². The number of benzene rings is 3. The van der Waals surface area contributed by atoms with Crippen molar-refractivity contribution in [2.24, 2.45) is 10.8 Å². The van der Waals surface area contributed by atoms with E-state index in [4.69, 9.17) is 5.73 Å². The molecule has 0 bridgehead atoms. The fourth-order valence-corrected chi connectivity index (χ4v) is 3.52. The molecule has 0 radical (unpaired) electrons. The highest BCUT2D eigenvalue weighted by Gasteiger charge is 2.16. The average molecular weight is 457 g/mol. The lowest BCUT2D eigenvalue weighted by atomic mass is 10.1. The van der Waals surface area contributed by atoms with Gasteiger partial charge in [-0.05, 0) is 30.3 Å². The maximum absolute atomic E-state index is 13.9. The predicted octanol–water partition coefficient (Wildman–Crippen LogP) is 3.28. The Kier molecular flexibility index (Phi) is 6.45. The molecule has 34 heavy (non-hydrogen) atoms. The molecule has 0 fully saturated rings. The van der Waals surface area contributed by atoms with Gasteiger partial charge in [-0.2, -0.15) is 5.10 Å². The van der Waals surface area contributed by atoms with Crippen LogP contribution in [0, 0.1) is 5.82 Å². The SMILES string of the molecule is NC(=O)Cn1cc(/C=N/NC(=O)c2ccccc2NC(=O)c2ccccc2F)c2ccccc21. The van der Waals surface area contributed by atoms with Gasteiger partial charge in [-0.25, -0.2) is 9.82 Å². The molecule has 0 aliphatic rings. The zero-order valence-electron chi connectivity index (χ0n) is 17.9. The van der Waals surface area contributed by atoms with Crippen molar-refractivity contribution in [2.45, 2.75) is 6.54 Å². The van der Waals surface area contributed by atoms with E-state index >= 15 is 0 Å². The summed E-state index contributed by atoms with van der Waals surface area (Å²) in [6.45, 7) is 0.00972. The number of halogens is 1. The van der Waals surface area contributed by atoms with E-state index < -0.39 is 23.5 Å². The second-order valence-corrected chi connectivity index (χ2v) is 7.37. The molecule has 0 unspecified atom stereocenters. The maximum atomic E-state index is 13.9. The van der Waals surface area contributed by atoms with Crippen molar-refractivity contribution in [3.63, 3.8) is 0 Å². The van der Waals surface area contributed by atoms with E-state index in [1.165, 1.54) is 36.5 Å². The molecular weight excluding hydrogens is 437 g/mol. The van der Waals surface area contributed by atoms with E-state index in [-0.39, 0.29) is 23.4 Å². The number of anilines is 1. The third-order valence-corrected chi connectivity index (χ3v) is 5.05. The van der Waals surface area contributed by atoms with E-state index in [1.807, 2.05) is 24.3 Å². The molecule has 0 atom stereocenters. The third-order valence-electron chi connectivity index (χ3n) is 5.05. The number of carbonyl (C=O) groups is 3. The van der Waals surface area contributed by atoms with E-state index in [1.54, 1.807) is 29.0 Å². The molecule has 1 heterocycles. The second-order valence-electron chi connectivity index (χ2n) is 7.37. The van der Waals surface area contributed by atoms with Crippen LogP contribution in [0.4, 0.5) is 10.1 Å². The first-order valence-electron chi connectivity index (χ1n) is 10.3. The van der Waals surface area contributed by atoms with Gasteiger partial charge in [0.05, 0.1) is 23.0 Å². The number of nitrogens with one attached hydrogen (secondary N) is 2. The van der Waals surface area contributed by atoms with Crippen LogP contribution in [0.15, 0.2) is 84.1 Å². The summed E-state index contributed by atoms with van der Waals surface area (Å²) in [6, 6.07) is 19.3. The molecule has 3 amide bonds. The number of nitrogens with zero attached hydrogens (tertiary/aromatic N) is 2. The fourth-order valence-electron chi connectivity index (χ4n) is 3.52. The van der Waals surface area contributed by atoms with Crippen LogP contribution in [0.1, 0.15) is 26.3 Å². The summed E-state index contributed by atoms with van der Waals surface area (Å²) < 4.78 is 15.6. The minimum absolute atomic E-state index is 0.00972. The molecule has 9 heteroatoms. The van der Waals surface area contributed by atoms with Crippen LogP contribution < -0.4 is 16.5 Å². The molecule has 4 aromatic rings. The molecule has 0 saturated heterocycles. The number of hydrazone groups is 1. The first kappa shape index (κ1) is 22.4. The van der Waals surface area contributed by atoms with Gasteiger partial charge in [0.15, 0.2) is 0 Å². The van der Waals surface area contributed by atoms with E-state index in [2.05, 4.69) is 15.8 Å². The van der Waals surface area contributed by atoms with Crippen molar-refractivity contribution in [1.82, 2.24) is 9.99 Å². The molecule has 170 valence electrons. The fraction of sp³-hybridized carbons (Fsp3) is 0.0400. The van der Waals surface area contributed by atoms with Gasteiger partial charge in [-0.15, -0.1) is 0 Å². The smallest absolute Gasteiger partial charge is 0.273 e. The largest absolute Gasteiger partial charge is 0.368 e. The highest BCUT2D eigenvalue weighted by atomic mass is 19.1. The van der Waals surface area contributed by atoms with Crippen LogP contribution in [-0.4, -0.2) is 28.5 Å². The number of para-hydroxylation sites is 2. The number of aromatic nitrogens is 1. The van der Waals surface area contributed by atoms with Gasteiger partial charge in [-0.1, -0.05) is 42.5 Å². The number of rotatable bonds is 7. The van der Waals surface area contributed by atoms with E-state index in [0.717, 1.165) is 10.9 Å². The van der Waals surface area contributed by atoms with E-state index in [9.17, 15) is 18.8 Å². The summed E-state index contributed by atoms with van der Waals surface area (Å²) >= 11 is 0. The molecule has 4 rings (SSSR count). The summed E-state index contributed by atoms with van der Waals surface area (Å²) in [7, 11) is 0. The highest BCUT2D eigenvalue weighted by molar-refractivity contribution is 6.09. The number of amides is 3. The zero-order chi connectivity index (χ0) is 24.1. The normalized spacial score (nSPS) is 11.0. The molecule has 8 nitrogen and oxygen atoms in total. The zero-order valence-corrected chi connectivity index (χ0v) is 17.9. The van der Waals surface area contributed by atoms with Gasteiger partial charge in [0.2, 0.25) is 5.91 Å². The molecule has 0 aliphatic heterocycles. The molecular formula is C25H20FN5O3.